The van der Waals surface area contributed by atoms with E-state index < -0.39 is 0 Å². The van der Waals surface area contributed by atoms with E-state index in [0.29, 0.717) is 6.42 Å². The van der Waals surface area contributed by atoms with E-state index in [-0.39, 0.29) is 5.84 Å². The largest absolute Gasteiger partial charge is 0.388 e. The smallest absolute Gasteiger partial charge is 0.0918 e. The second kappa shape index (κ2) is 6.07. The minimum Gasteiger partial charge on any atom is -0.388 e. The molecular formula is C13H19ClN4. The van der Waals surface area contributed by atoms with Crippen molar-refractivity contribution in [2.45, 2.75) is 6.42 Å². The van der Waals surface area contributed by atoms with Crippen molar-refractivity contribution in [3.8, 4) is 0 Å². The molecule has 1 saturated heterocycles. The summed E-state index contributed by atoms with van der Waals surface area (Å²) in [6, 6.07) is 7.96. The number of amidine groups is 1. The molecule has 0 spiro atoms. The Hall–Kier alpha value is -1.26. The quantitative estimate of drug-likeness (QED) is 0.645. The van der Waals surface area contributed by atoms with Crippen molar-refractivity contribution in [2.24, 2.45) is 5.73 Å². The first-order valence-electron chi connectivity index (χ1n) is 6.21. The van der Waals surface area contributed by atoms with E-state index in [1.54, 1.807) is 0 Å². The Kier molecular flexibility index (Phi) is 4.44. The van der Waals surface area contributed by atoms with Crippen LogP contribution < -0.4 is 10.6 Å². The number of nitrogens with zero attached hydrogens (tertiary/aromatic N) is 2. The lowest BCUT2D eigenvalue weighted by Gasteiger charge is -2.36. The van der Waals surface area contributed by atoms with Gasteiger partial charge in [-0.3, -0.25) is 10.3 Å². The molecule has 1 aromatic carbocycles. The zero-order valence-corrected chi connectivity index (χ0v) is 11.2. The highest BCUT2D eigenvalue weighted by Crippen LogP contribution is 2.25. The van der Waals surface area contributed by atoms with Crippen LogP contribution in [0.3, 0.4) is 0 Å². The Balaban J connectivity index is 1.87. The number of nitrogens with one attached hydrogen (secondary N) is 1. The van der Waals surface area contributed by atoms with Crippen LogP contribution >= 0.6 is 11.6 Å². The second-order valence-electron chi connectivity index (χ2n) is 4.56. The molecule has 2 rings (SSSR count). The molecule has 0 aliphatic carbocycles. The fraction of sp³-hybridized carbons (Fsp3) is 0.462. The van der Waals surface area contributed by atoms with Gasteiger partial charge in [-0.25, -0.2) is 0 Å². The van der Waals surface area contributed by atoms with Crippen molar-refractivity contribution < 1.29 is 0 Å². The van der Waals surface area contributed by atoms with Gasteiger partial charge in [0.15, 0.2) is 0 Å². The second-order valence-corrected chi connectivity index (χ2v) is 4.96. The summed E-state index contributed by atoms with van der Waals surface area (Å²) in [6.45, 7) is 4.83. The maximum atomic E-state index is 7.24. The van der Waals surface area contributed by atoms with Gasteiger partial charge in [-0.05, 0) is 12.1 Å². The lowest BCUT2D eigenvalue weighted by atomic mass is 10.2. The van der Waals surface area contributed by atoms with Gasteiger partial charge in [0.05, 0.1) is 16.5 Å². The van der Waals surface area contributed by atoms with Gasteiger partial charge in [0.2, 0.25) is 0 Å². The van der Waals surface area contributed by atoms with E-state index in [1.165, 1.54) is 0 Å². The van der Waals surface area contributed by atoms with Crippen molar-refractivity contribution in [3.05, 3.63) is 29.3 Å². The topological polar surface area (TPSA) is 56.4 Å². The first-order chi connectivity index (χ1) is 8.66. The van der Waals surface area contributed by atoms with Crippen molar-refractivity contribution in [1.29, 1.82) is 5.41 Å². The molecular weight excluding hydrogens is 248 g/mol. The van der Waals surface area contributed by atoms with E-state index >= 15 is 0 Å². The summed E-state index contributed by atoms with van der Waals surface area (Å²) in [5, 5.41) is 8.05. The summed E-state index contributed by atoms with van der Waals surface area (Å²) >= 11 is 6.20. The monoisotopic (exact) mass is 266 g/mol. The third-order valence-electron chi connectivity index (χ3n) is 3.26. The molecule has 3 N–H and O–H groups in total. The lowest BCUT2D eigenvalue weighted by Crippen LogP contribution is -2.47. The lowest BCUT2D eigenvalue weighted by molar-refractivity contribution is 0.264. The van der Waals surface area contributed by atoms with E-state index in [9.17, 15) is 0 Å². The van der Waals surface area contributed by atoms with E-state index in [0.717, 1.165) is 43.4 Å². The third kappa shape index (κ3) is 3.37. The molecule has 1 fully saturated rings. The molecule has 5 heteroatoms. The highest BCUT2D eigenvalue weighted by atomic mass is 35.5. The molecule has 1 aromatic rings. The number of halogens is 1. The molecule has 0 amide bonds. The molecule has 0 radical (unpaired) electrons. The number of anilines is 1. The number of piperazine rings is 1. The maximum Gasteiger partial charge on any atom is 0.0918 e. The standard InChI is InChI=1S/C13H19ClN4/c14-11-3-1-2-4-12(11)18-9-7-17(8-10-18)6-5-13(15)16/h1-4H,5-10H2,(H3,15,16). The van der Waals surface area contributed by atoms with Gasteiger partial charge in [0.1, 0.15) is 0 Å². The van der Waals surface area contributed by atoms with E-state index in [2.05, 4.69) is 15.9 Å². The predicted molar refractivity (Wildman–Crippen MR) is 76.6 cm³/mol. The molecule has 1 aliphatic rings. The Morgan fingerprint density at radius 1 is 1.22 bits per heavy atom. The molecule has 0 atom stereocenters. The normalized spacial score (nSPS) is 16.8. The number of para-hydroxylation sites is 1. The van der Waals surface area contributed by atoms with Crippen LogP contribution in [0.4, 0.5) is 5.69 Å². The molecule has 1 aliphatic heterocycles. The molecule has 18 heavy (non-hydrogen) atoms. The predicted octanol–water partition coefficient (Wildman–Crippen LogP) is 1.79. The minimum atomic E-state index is 0.267. The molecule has 0 aromatic heterocycles. The average molecular weight is 267 g/mol. The summed E-state index contributed by atoms with van der Waals surface area (Å²) in [5.41, 5.74) is 6.49. The molecule has 98 valence electrons. The summed E-state index contributed by atoms with van der Waals surface area (Å²) in [7, 11) is 0. The van der Waals surface area contributed by atoms with Gasteiger partial charge in [0, 0.05) is 39.1 Å². The fourth-order valence-corrected chi connectivity index (χ4v) is 2.45. The average Bonchev–Trinajstić information content (AvgIpc) is 2.38. The Morgan fingerprint density at radius 3 is 2.50 bits per heavy atom. The fourth-order valence-electron chi connectivity index (χ4n) is 2.20. The van der Waals surface area contributed by atoms with Gasteiger partial charge in [-0.2, -0.15) is 0 Å². The van der Waals surface area contributed by atoms with Crippen LogP contribution in [-0.2, 0) is 0 Å². The van der Waals surface area contributed by atoms with Crippen LogP contribution in [0.2, 0.25) is 5.02 Å². The van der Waals surface area contributed by atoms with E-state index in [4.69, 9.17) is 22.7 Å². The van der Waals surface area contributed by atoms with Gasteiger partial charge < -0.3 is 10.6 Å². The molecule has 0 saturated carbocycles. The zero-order chi connectivity index (χ0) is 13.0. The van der Waals surface area contributed by atoms with Crippen LogP contribution in [0, 0.1) is 5.41 Å². The first kappa shape index (κ1) is 13.2. The number of benzene rings is 1. The number of hydrogen-bond acceptors (Lipinski definition) is 3. The summed E-state index contributed by atoms with van der Waals surface area (Å²) < 4.78 is 0. The van der Waals surface area contributed by atoms with Crippen molar-refractivity contribution >= 4 is 23.1 Å². The molecule has 4 nitrogen and oxygen atoms in total. The van der Waals surface area contributed by atoms with Crippen molar-refractivity contribution in [2.75, 3.05) is 37.6 Å². The Bertz CT molecular complexity index is 413. The van der Waals surface area contributed by atoms with Crippen LogP contribution in [0.5, 0.6) is 0 Å². The van der Waals surface area contributed by atoms with Gasteiger partial charge >= 0.3 is 0 Å². The Morgan fingerprint density at radius 2 is 1.89 bits per heavy atom. The number of nitrogens with two attached hydrogens (primary N) is 1. The van der Waals surface area contributed by atoms with Crippen molar-refractivity contribution in [1.82, 2.24) is 4.90 Å². The van der Waals surface area contributed by atoms with Crippen LogP contribution in [0.15, 0.2) is 24.3 Å². The van der Waals surface area contributed by atoms with Crippen molar-refractivity contribution in [3.63, 3.8) is 0 Å². The Labute approximate surface area is 113 Å². The molecule has 1 heterocycles. The first-order valence-corrected chi connectivity index (χ1v) is 6.59. The number of hydrogen-bond donors (Lipinski definition) is 2. The van der Waals surface area contributed by atoms with Gasteiger partial charge in [-0.1, -0.05) is 23.7 Å². The molecule has 0 unspecified atom stereocenters. The van der Waals surface area contributed by atoms with Gasteiger partial charge in [-0.15, -0.1) is 0 Å². The van der Waals surface area contributed by atoms with Gasteiger partial charge in [0.25, 0.3) is 0 Å². The SMILES string of the molecule is N=C(N)CCN1CCN(c2ccccc2Cl)CC1. The minimum absolute atomic E-state index is 0.267. The number of rotatable bonds is 4. The summed E-state index contributed by atoms with van der Waals surface area (Å²) in [5.74, 6) is 0.267. The zero-order valence-electron chi connectivity index (χ0n) is 10.4. The third-order valence-corrected chi connectivity index (χ3v) is 3.58. The summed E-state index contributed by atoms with van der Waals surface area (Å²) in [4.78, 5) is 4.65. The highest BCUT2D eigenvalue weighted by molar-refractivity contribution is 6.33. The van der Waals surface area contributed by atoms with Crippen LogP contribution in [-0.4, -0.2) is 43.5 Å². The summed E-state index contributed by atoms with van der Waals surface area (Å²) in [6.07, 6.45) is 0.659. The highest BCUT2D eigenvalue weighted by Gasteiger charge is 2.18. The van der Waals surface area contributed by atoms with Crippen LogP contribution in [0.25, 0.3) is 0 Å². The van der Waals surface area contributed by atoms with E-state index in [1.807, 2.05) is 18.2 Å². The van der Waals surface area contributed by atoms with Crippen LogP contribution in [0.1, 0.15) is 6.42 Å². The molecule has 0 bridgehead atoms. The maximum absolute atomic E-state index is 7.24.